The minimum atomic E-state index is -0.198. The van der Waals surface area contributed by atoms with E-state index in [-0.39, 0.29) is 25.2 Å². The third-order valence-corrected chi connectivity index (χ3v) is 4.84. The van der Waals surface area contributed by atoms with E-state index in [1.807, 2.05) is 0 Å². The number of carbonyl (C=O) groups is 2. The zero-order valence-corrected chi connectivity index (χ0v) is 17.6. The summed E-state index contributed by atoms with van der Waals surface area (Å²) in [5.74, 6) is -0.198. The minimum absolute atomic E-state index is 0.0458. The van der Waals surface area contributed by atoms with Crippen molar-refractivity contribution in [3.63, 3.8) is 0 Å². The highest BCUT2D eigenvalue weighted by atomic mass is 16.5. The average molecular weight is 370 g/mol. The molecule has 0 aromatic heterocycles. The number of rotatable bonds is 19. The van der Waals surface area contributed by atoms with Crippen molar-refractivity contribution in [2.75, 3.05) is 20.1 Å². The molecule has 4 heteroatoms. The maximum absolute atomic E-state index is 12.1. The largest absolute Gasteiger partial charge is 0.461 e. The molecule has 0 fully saturated rings. The number of esters is 1. The summed E-state index contributed by atoms with van der Waals surface area (Å²) in [6.07, 6.45) is 17.9. The number of hydrogen-bond acceptors (Lipinski definition) is 4. The van der Waals surface area contributed by atoms with Gasteiger partial charge in [0.2, 0.25) is 0 Å². The Bertz CT molecular complexity index is 317. The van der Waals surface area contributed by atoms with E-state index >= 15 is 0 Å². The first-order valence-electron chi connectivity index (χ1n) is 11.0. The van der Waals surface area contributed by atoms with E-state index in [1.165, 1.54) is 64.2 Å². The monoisotopic (exact) mass is 369 g/mol. The Morgan fingerprint density at radius 1 is 0.846 bits per heavy atom. The van der Waals surface area contributed by atoms with E-state index in [4.69, 9.17) is 4.74 Å². The second-order valence-electron chi connectivity index (χ2n) is 7.59. The van der Waals surface area contributed by atoms with Crippen molar-refractivity contribution in [3.8, 4) is 0 Å². The van der Waals surface area contributed by atoms with Crippen molar-refractivity contribution < 1.29 is 14.3 Å². The van der Waals surface area contributed by atoms with Crippen molar-refractivity contribution in [3.05, 3.63) is 0 Å². The first-order chi connectivity index (χ1) is 12.6. The topological polar surface area (TPSA) is 46.6 Å². The van der Waals surface area contributed by atoms with Crippen LogP contribution in [0.3, 0.4) is 0 Å². The van der Waals surface area contributed by atoms with E-state index < -0.39 is 0 Å². The highest BCUT2D eigenvalue weighted by Crippen LogP contribution is 2.17. The summed E-state index contributed by atoms with van der Waals surface area (Å²) in [5.41, 5.74) is 0. The van der Waals surface area contributed by atoms with Crippen LogP contribution in [-0.4, -0.2) is 43.4 Å². The Balaban J connectivity index is 4.12. The third kappa shape index (κ3) is 16.6. The third-order valence-electron chi connectivity index (χ3n) is 4.84. The van der Waals surface area contributed by atoms with Crippen molar-refractivity contribution in [2.24, 2.45) is 0 Å². The molecular formula is C22H43NO3. The molecule has 0 unspecified atom stereocenters. The van der Waals surface area contributed by atoms with Gasteiger partial charge in [0, 0.05) is 0 Å². The van der Waals surface area contributed by atoms with Crippen LogP contribution in [0.1, 0.15) is 104 Å². The predicted octanol–water partition coefficient (Wildman–Crippen LogP) is 5.53. The van der Waals surface area contributed by atoms with Crippen LogP contribution in [-0.2, 0) is 14.3 Å². The molecule has 0 aliphatic heterocycles. The SMILES string of the molecule is CCCCCCCCC(CCCCCCCC)OC(=O)CN(C)CC=O. The molecular weight excluding hydrogens is 326 g/mol. The zero-order chi connectivity index (χ0) is 19.5. The Kier molecular flexibility index (Phi) is 18.2. The van der Waals surface area contributed by atoms with Crippen LogP contribution >= 0.6 is 0 Å². The number of nitrogens with zero attached hydrogens (tertiary/aromatic N) is 1. The lowest BCUT2D eigenvalue weighted by molar-refractivity contribution is -0.150. The van der Waals surface area contributed by atoms with Crippen LogP contribution in [0.4, 0.5) is 0 Å². The second kappa shape index (κ2) is 18.9. The van der Waals surface area contributed by atoms with Crippen molar-refractivity contribution in [1.29, 1.82) is 0 Å². The highest BCUT2D eigenvalue weighted by Gasteiger charge is 2.15. The highest BCUT2D eigenvalue weighted by molar-refractivity contribution is 5.72. The van der Waals surface area contributed by atoms with Crippen LogP contribution in [0.25, 0.3) is 0 Å². The smallest absolute Gasteiger partial charge is 0.320 e. The molecule has 0 aliphatic rings. The lowest BCUT2D eigenvalue weighted by Gasteiger charge is -2.20. The number of hydrogen-bond donors (Lipinski definition) is 0. The molecule has 0 atom stereocenters. The quantitative estimate of drug-likeness (QED) is 0.171. The molecule has 154 valence electrons. The molecule has 0 spiro atoms. The Morgan fingerprint density at radius 2 is 1.31 bits per heavy atom. The molecule has 0 heterocycles. The van der Waals surface area contributed by atoms with E-state index in [2.05, 4.69) is 13.8 Å². The van der Waals surface area contributed by atoms with Gasteiger partial charge in [0.15, 0.2) is 0 Å². The van der Waals surface area contributed by atoms with Crippen molar-refractivity contribution >= 4 is 12.3 Å². The summed E-state index contributed by atoms with van der Waals surface area (Å²) in [4.78, 5) is 24.3. The summed E-state index contributed by atoms with van der Waals surface area (Å²) >= 11 is 0. The van der Waals surface area contributed by atoms with Gasteiger partial charge in [-0.1, -0.05) is 78.1 Å². The molecule has 26 heavy (non-hydrogen) atoms. The summed E-state index contributed by atoms with van der Waals surface area (Å²) in [7, 11) is 1.77. The van der Waals surface area contributed by atoms with Gasteiger partial charge < -0.3 is 9.53 Å². The summed E-state index contributed by atoms with van der Waals surface area (Å²) < 4.78 is 5.73. The van der Waals surface area contributed by atoms with Gasteiger partial charge in [-0.15, -0.1) is 0 Å². The maximum atomic E-state index is 12.1. The number of likely N-dealkylation sites (N-methyl/N-ethyl adjacent to an activating group) is 1. The van der Waals surface area contributed by atoms with Crippen molar-refractivity contribution in [2.45, 2.75) is 110 Å². The van der Waals surface area contributed by atoms with Gasteiger partial charge in [-0.05, 0) is 32.7 Å². The van der Waals surface area contributed by atoms with E-state index in [0.29, 0.717) is 0 Å². The van der Waals surface area contributed by atoms with E-state index in [0.717, 1.165) is 32.0 Å². The summed E-state index contributed by atoms with van der Waals surface area (Å²) in [6.45, 7) is 4.94. The predicted molar refractivity (Wildman–Crippen MR) is 109 cm³/mol. The first kappa shape index (κ1) is 25.1. The minimum Gasteiger partial charge on any atom is -0.461 e. The molecule has 0 saturated heterocycles. The van der Waals surface area contributed by atoms with Crippen molar-refractivity contribution in [1.82, 2.24) is 4.90 Å². The lowest BCUT2D eigenvalue weighted by atomic mass is 10.0. The van der Waals surface area contributed by atoms with Gasteiger partial charge in [-0.3, -0.25) is 9.69 Å². The Hall–Kier alpha value is -0.900. The molecule has 0 aromatic carbocycles. The van der Waals surface area contributed by atoms with Gasteiger partial charge in [0.05, 0.1) is 13.1 Å². The molecule has 0 N–H and O–H groups in total. The van der Waals surface area contributed by atoms with Gasteiger partial charge in [-0.25, -0.2) is 0 Å². The van der Waals surface area contributed by atoms with Crippen LogP contribution in [0, 0.1) is 0 Å². The molecule has 0 amide bonds. The molecule has 0 bridgehead atoms. The van der Waals surface area contributed by atoms with Crippen LogP contribution < -0.4 is 0 Å². The maximum Gasteiger partial charge on any atom is 0.320 e. The van der Waals surface area contributed by atoms with Crippen LogP contribution in [0.5, 0.6) is 0 Å². The zero-order valence-electron chi connectivity index (χ0n) is 17.6. The van der Waals surface area contributed by atoms with E-state index in [1.54, 1.807) is 11.9 Å². The Labute approximate surface area is 162 Å². The number of carbonyl (C=O) groups excluding carboxylic acids is 2. The summed E-state index contributed by atoms with van der Waals surface area (Å²) in [5, 5.41) is 0. The number of unbranched alkanes of at least 4 members (excludes halogenated alkanes) is 10. The van der Waals surface area contributed by atoms with Gasteiger partial charge in [-0.2, -0.15) is 0 Å². The summed E-state index contributed by atoms with van der Waals surface area (Å²) in [6, 6.07) is 0. The fourth-order valence-electron chi connectivity index (χ4n) is 3.20. The second-order valence-corrected chi connectivity index (χ2v) is 7.59. The molecule has 0 aliphatic carbocycles. The van der Waals surface area contributed by atoms with Crippen LogP contribution in [0.2, 0.25) is 0 Å². The van der Waals surface area contributed by atoms with Crippen LogP contribution in [0.15, 0.2) is 0 Å². The van der Waals surface area contributed by atoms with E-state index in [9.17, 15) is 9.59 Å². The lowest BCUT2D eigenvalue weighted by Crippen LogP contribution is -2.31. The fraction of sp³-hybridized carbons (Fsp3) is 0.909. The molecule has 0 rings (SSSR count). The first-order valence-corrected chi connectivity index (χ1v) is 11.0. The Morgan fingerprint density at radius 3 is 1.77 bits per heavy atom. The molecule has 0 radical (unpaired) electrons. The molecule has 4 nitrogen and oxygen atoms in total. The molecule has 0 aromatic rings. The molecule has 0 saturated carbocycles. The normalized spacial score (nSPS) is 11.3. The van der Waals surface area contributed by atoms with Gasteiger partial charge in [0.25, 0.3) is 0 Å². The average Bonchev–Trinajstić information content (AvgIpc) is 2.60. The standard InChI is InChI=1S/C22H43NO3/c1-4-6-8-10-12-14-16-21(17-15-13-11-9-7-5-2)26-22(25)20-23(3)18-19-24/h19,21H,4-18,20H2,1-3H3. The van der Waals surface area contributed by atoms with Gasteiger partial charge in [0.1, 0.15) is 12.4 Å². The number of aldehydes is 1. The van der Waals surface area contributed by atoms with Gasteiger partial charge >= 0.3 is 5.97 Å². The number of ether oxygens (including phenoxy) is 1. The fourth-order valence-corrected chi connectivity index (χ4v) is 3.20.